The summed E-state index contributed by atoms with van der Waals surface area (Å²) < 4.78 is 36.4. The molecule has 5 rings (SSSR count). The lowest BCUT2D eigenvalue weighted by molar-refractivity contribution is -0.287. The van der Waals surface area contributed by atoms with Gasteiger partial charge < -0.3 is 25.4 Å². The number of alkyl halides is 2. The van der Waals surface area contributed by atoms with Crippen LogP contribution in [0.4, 0.5) is 8.78 Å². The van der Waals surface area contributed by atoms with Crippen molar-refractivity contribution in [2.24, 2.45) is 0 Å². The summed E-state index contributed by atoms with van der Waals surface area (Å²) in [5.74, 6) is 0.576. The van der Waals surface area contributed by atoms with E-state index >= 15 is 0 Å². The molecule has 8 heteroatoms. The zero-order valence-corrected chi connectivity index (χ0v) is 19.3. The van der Waals surface area contributed by atoms with Gasteiger partial charge in [-0.05, 0) is 81.8 Å². The van der Waals surface area contributed by atoms with Crippen LogP contribution in [0, 0.1) is 0 Å². The van der Waals surface area contributed by atoms with E-state index in [9.17, 15) is 13.6 Å². The normalized spacial score (nSPS) is 24.7. The molecular weight excluding hydrogens is 440 g/mol. The van der Waals surface area contributed by atoms with Gasteiger partial charge >= 0.3 is 6.29 Å². The van der Waals surface area contributed by atoms with Crippen molar-refractivity contribution in [3.63, 3.8) is 0 Å². The van der Waals surface area contributed by atoms with E-state index in [1.165, 1.54) is 11.6 Å². The highest BCUT2D eigenvalue weighted by molar-refractivity contribution is 5.94. The molecule has 2 fully saturated rings. The van der Waals surface area contributed by atoms with Gasteiger partial charge in [0.1, 0.15) is 0 Å². The molecule has 2 heterocycles. The van der Waals surface area contributed by atoms with Crippen LogP contribution in [-0.2, 0) is 0 Å². The fourth-order valence-electron chi connectivity index (χ4n) is 5.35. The molecule has 3 atom stereocenters. The second-order valence-corrected chi connectivity index (χ2v) is 9.56. The number of para-hydroxylation sites is 1. The van der Waals surface area contributed by atoms with Crippen LogP contribution in [0.25, 0.3) is 0 Å². The first-order valence-electron chi connectivity index (χ1n) is 12.1. The summed E-state index contributed by atoms with van der Waals surface area (Å²) in [6.45, 7) is 3.84. The van der Waals surface area contributed by atoms with Gasteiger partial charge in [0.2, 0.25) is 0 Å². The number of hydrogen-bond donors (Lipinski definition) is 3. The third kappa shape index (κ3) is 5.03. The number of carbonyl (C=O) groups excluding carboxylic acids is 1. The Morgan fingerprint density at radius 1 is 1.03 bits per heavy atom. The zero-order chi connectivity index (χ0) is 23.7. The summed E-state index contributed by atoms with van der Waals surface area (Å²) in [6, 6.07) is 13.3. The van der Waals surface area contributed by atoms with Gasteiger partial charge in [-0.15, -0.1) is 8.78 Å². The van der Waals surface area contributed by atoms with E-state index in [2.05, 4.69) is 32.8 Å². The smallest absolute Gasteiger partial charge is 0.395 e. The second-order valence-electron chi connectivity index (χ2n) is 9.56. The van der Waals surface area contributed by atoms with Gasteiger partial charge in [-0.3, -0.25) is 4.79 Å². The van der Waals surface area contributed by atoms with Crippen molar-refractivity contribution in [1.82, 2.24) is 16.0 Å². The van der Waals surface area contributed by atoms with Crippen LogP contribution in [-0.4, -0.2) is 37.4 Å². The lowest BCUT2D eigenvalue weighted by Crippen LogP contribution is -2.42. The van der Waals surface area contributed by atoms with Gasteiger partial charge in [-0.25, -0.2) is 0 Å². The van der Waals surface area contributed by atoms with Gasteiger partial charge in [-0.1, -0.05) is 24.3 Å². The maximum absolute atomic E-state index is 13.5. The third-order valence-electron chi connectivity index (χ3n) is 7.16. The third-order valence-corrected chi connectivity index (χ3v) is 7.16. The Kier molecular flexibility index (Phi) is 6.44. The summed E-state index contributed by atoms with van der Waals surface area (Å²) in [5.41, 5.74) is 2.59. The summed E-state index contributed by atoms with van der Waals surface area (Å²) in [4.78, 5) is 12.6. The number of nitrogens with one attached hydrogen (secondary N) is 3. The van der Waals surface area contributed by atoms with Gasteiger partial charge in [0.05, 0.1) is 0 Å². The highest BCUT2D eigenvalue weighted by Gasteiger charge is 2.45. The highest BCUT2D eigenvalue weighted by Crippen LogP contribution is 2.45. The van der Waals surface area contributed by atoms with E-state index < -0.39 is 6.29 Å². The molecule has 0 bridgehead atoms. The van der Waals surface area contributed by atoms with Crippen molar-refractivity contribution in [1.29, 1.82) is 0 Å². The number of piperidine rings is 1. The lowest BCUT2D eigenvalue weighted by Gasteiger charge is -2.23. The number of fused-ring (bicyclic) bond motifs is 1. The monoisotopic (exact) mass is 471 g/mol. The summed E-state index contributed by atoms with van der Waals surface area (Å²) in [7, 11) is 0. The predicted octanol–water partition coefficient (Wildman–Crippen LogP) is 4.48. The minimum absolute atomic E-state index is 0.00888. The van der Waals surface area contributed by atoms with Crippen molar-refractivity contribution in [2.75, 3.05) is 13.1 Å². The van der Waals surface area contributed by atoms with E-state index in [1.54, 1.807) is 12.1 Å². The first-order valence-corrected chi connectivity index (χ1v) is 12.1. The molecule has 2 aromatic carbocycles. The average molecular weight is 472 g/mol. The van der Waals surface area contributed by atoms with E-state index in [4.69, 9.17) is 4.74 Å². The minimum atomic E-state index is -3.62. The maximum atomic E-state index is 13.5. The van der Waals surface area contributed by atoms with Gasteiger partial charge in [-0.2, -0.15) is 0 Å². The van der Waals surface area contributed by atoms with Crippen LogP contribution >= 0.6 is 0 Å². The van der Waals surface area contributed by atoms with Crippen molar-refractivity contribution in [3.8, 4) is 11.5 Å². The van der Waals surface area contributed by atoms with E-state index in [1.807, 2.05) is 19.1 Å². The van der Waals surface area contributed by atoms with Crippen LogP contribution in [0.15, 0.2) is 42.5 Å². The fraction of sp³-hybridized carbons (Fsp3) is 0.500. The number of ether oxygens (including phenoxy) is 2. The minimum Gasteiger partial charge on any atom is -0.395 e. The van der Waals surface area contributed by atoms with Crippen LogP contribution in [0.5, 0.6) is 11.5 Å². The Bertz CT molecular complexity index is 1020. The molecular formula is C26H31F2N3O3. The van der Waals surface area contributed by atoms with Gasteiger partial charge in [0.15, 0.2) is 11.5 Å². The Balaban J connectivity index is 1.17. The second kappa shape index (κ2) is 9.50. The number of rotatable bonds is 6. The maximum Gasteiger partial charge on any atom is 0.586 e. The fourth-order valence-corrected chi connectivity index (χ4v) is 5.35. The Hall–Kier alpha value is -2.71. The summed E-state index contributed by atoms with van der Waals surface area (Å²) in [6.07, 6.45) is 1.30. The quantitative estimate of drug-likeness (QED) is 0.580. The molecule has 1 amide bonds. The molecule has 1 aliphatic carbocycles. The van der Waals surface area contributed by atoms with Crippen molar-refractivity contribution in [3.05, 3.63) is 59.2 Å². The number of benzene rings is 2. The Labute approximate surface area is 198 Å². The van der Waals surface area contributed by atoms with Gasteiger partial charge in [0.25, 0.3) is 5.91 Å². The first-order chi connectivity index (χ1) is 16.4. The van der Waals surface area contributed by atoms with Crippen LogP contribution in [0.2, 0.25) is 0 Å². The zero-order valence-electron chi connectivity index (χ0n) is 19.3. The Morgan fingerprint density at radius 2 is 1.79 bits per heavy atom. The largest absolute Gasteiger partial charge is 0.586 e. The molecule has 2 aromatic rings. The van der Waals surface area contributed by atoms with E-state index in [0.29, 0.717) is 17.0 Å². The Morgan fingerprint density at radius 3 is 2.56 bits per heavy atom. The van der Waals surface area contributed by atoms with Crippen molar-refractivity contribution >= 4 is 5.91 Å². The topological polar surface area (TPSA) is 71.6 Å². The van der Waals surface area contributed by atoms with Crippen LogP contribution in [0.1, 0.15) is 72.5 Å². The molecule has 3 N–H and O–H groups in total. The molecule has 2 aliphatic heterocycles. The average Bonchev–Trinajstić information content (AvgIpc) is 3.42. The van der Waals surface area contributed by atoms with E-state index in [0.717, 1.165) is 45.2 Å². The number of halogens is 2. The summed E-state index contributed by atoms with van der Waals surface area (Å²) >= 11 is 0. The molecule has 0 aromatic heterocycles. The molecule has 0 spiro atoms. The molecule has 3 aliphatic rings. The number of amides is 1. The summed E-state index contributed by atoms with van der Waals surface area (Å²) in [5, 5.41) is 10.0. The standard InChI is InChI=1S/C26H31F2N3O3/c1-16(22-3-2-4-23-24(22)34-26(27,28)33-23)30-21-10-9-19(15-21)17-5-7-18(8-6-17)25(32)31-20-11-13-29-14-12-20/h2-8,16,19-21,29-30H,9-15H2,1H3,(H,31,32). The van der Waals surface area contributed by atoms with Gasteiger partial charge in [0, 0.05) is 29.3 Å². The lowest BCUT2D eigenvalue weighted by atomic mass is 9.96. The molecule has 182 valence electrons. The first kappa shape index (κ1) is 23.1. The van der Waals surface area contributed by atoms with Crippen LogP contribution in [0.3, 0.4) is 0 Å². The number of hydrogen-bond acceptors (Lipinski definition) is 5. The predicted molar refractivity (Wildman–Crippen MR) is 124 cm³/mol. The molecule has 6 nitrogen and oxygen atoms in total. The SMILES string of the molecule is CC(NC1CCC(c2ccc(C(=O)NC3CCNCC3)cc2)C1)c1cccc2c1OC(F)(F)O2. The van der Waals surface area contributed by atoms with E-state index in [-0.39, 0.29) is 35.5 Å². The molecule has 1 saturated heterocycles. The molecule has 1 saturated carbocycles. The van der Waals surface area contributed by atoms with Crippen LogP contribution < -0.4 is 25.4 Å². The molecule has 3 unspecified atom stereocenters. The van der Waals surface area contributed by atoms with Crippen molar-refractivity contribution < 1.29 is 23.0 Å². The molecule has 0 radical (unpaired) electrons. The van der Waals surface area contributed by atoms with Crippen molar-refractivity contribution in [2.45, 2.75) is 69.4 Å². The number of carbonyl (C=O) groups is 1. The highest BCUT2D eigenvalue weighted by atomic mass is 19.3. The molecule has 34 heavy (non-hydrogen) atoms.